The Hall–Kier alpha value is -0.345. The van der Waals surface area contributed by atoms with Crippen LogP contribution in [0.5, 0.6) is 0 Å². The van der Waals surface area contributed by atoms with Crippen LogP contribution in [0.3, 0.4) is 0 Å². The molecule has 4 rings (SSSR count). The SMILES string of the molecule is C[Si](C)(C)[Si](C)(C)c1cc([Si](C)(C)[Si](C)(C)C)c2ccc3c([Si](C)(C)[Si](C)(C)C)cc([Si](C)(C)[Si](C)(C)C)c4ccc1c2c43. The molecule has 8 heteroatoms. The van der Waals surface area contributed by atoms with Crippen LogP contribution in [0.2, 0.25) is 131 Å². The summed E-state index contributed by atoms with van der Waals surface area (Å²) < 4.78 is 0. The Morgan fingerprint density at radius 1 is 0.273 bits per heavy atom. The van der Waals surface area contributed by atoms with Crippen LogP contribution in [0.15, 0.2) is 36.4 Å². The van der Waals surface area contributed by atoms with Gasteiger partial charge in [-0.2, -0.15) is 0 Å². The Balaban J connectivity index is 2.44. The number of hydrogen-bond acceptors (Lipinski definition) is 0. The minimum absolute atomic E-state index is 1.41. The summed E-state index contributed by atoms with van der Waals surface area (Å²) in [5.41, 5.74) is 0. The van der Waals surface area contributed by atoms with Crippen LogP contribution in [0.25, 0.3) is 32.3 Å². The van der Waals surface area contributed by atoms with Crippen molar-refractivity contribution < 1.29 is 0 Å². The first-order chi connectivity index (χ1) is 19.4. The zero-order valence-corrected chi connectivity index (χ0v) is 40.5. The summed E-state index contributed by atoms with van der Waals surface area (Å²) in [6.07, 6.45) is 0. The lowest BCUT2D eigenvalue weighted by molar-refractivity contribution is 1.70. The molecular formula is C36H66Si8. The Labute approximate surface area is 279 Å². The lowest BCUT2D eigenvalue weighted by atomic mass is 9.94. The van der Waals surface area contributed by atoms with Crippen molar-refractivity contribution in [1.82, 2.24) is 0 Å². The van der Waals surface area contributed by atoms with Crippen molar-refractivity contribution in [1.29, 1.82) is 0 Å². The summed E-state index contributed by atoms with van der Waals surface area (Å²) in [5.74, 6) is 0. The molecule has 0 unspecified atom stereocenters. The predicted octanol–water partition coefficient (Wildman–Crippen LogP) is 9.91. The Morgan fingerprint density at radius 2 is 0.432 bits per heavy atom. The summed E-state index contributed by atoms with van der Waals surface area (Å²) in [4.78, 5) is 0. The summed E-state index contributed by atoms with van der Waals surface area (Å²) >= 11 is 0. The molecule has 0 heterocycles. The van der Waals surface area contributed by atoms with Gasteiger partial charge in [-0.25, -0.2) is 0 Å². The molecule has 0 atom stereocenters. The van der Waals surface area contributed by atoms with Crippen LogP contribution in [0.4, 0.5) is 0 Å². The maximum atomic E-state index is 2.83. The topological polar surface area (TPSA) is 0 Å². The monoisotopic (exact) mass is 722 g/mol. The first-order valence-corrected chi connectivity index (χ1v) is 47.2. The van der Waals surface area contributed by atoms with Crippen LogP contribution in [-0.2, 0) is 0 Å². The molecule has 0 spiro atoms. The van der Waals surface area contributed by atoms with E-state index in [2.05, 4.69) is 167 Å². The Bertz CT molecular complexity index is 1480. The summed E-state index contributed by atoms with van der Waals surface area (Å²) in [5, 5.41) is 16.9. The Kier molecular flexibility index (Phi) is 8.77. The molecule has 0 saturated heterocycles. The molecule has 0 N–H and O–H groups in total. The highest BCUT2D eigenvalue weighted by atomic mass is 29.3. The number of hydrogen-bond donors (Lipinski definition) is 0. The van der Waals surface area contributed by atoms with Gasteiger partial charge in [0.1, 0.15) is 0 Å². The molecule has 0 aliphatic carbocycles. The normalized spacial score (nSPS) is 15.3. The molecule has 4 aromatic carbocycles. The van der Waals surface area contributed by atoms with Crippen LogP contribution in [0.1, 0.15) is 0 Å². The summed E-state index contributed by atoms with van der Waals surface area (Å²) in [7, 11) is -12.4. The van der Waals surface area contributed by atoms with Crippen molar-refractivity contribution in [2.45, 2.75) is 131 Å². The fraction of sp³-hybridized carbons (Fsp3) is 0.556. The zero-order chi connectivity index (χ0) is 34.0. The first kappa shape index (κ1) is 36.5. The van der Waals surface area contributed by atoms with Gasteiger partial charge < -0.3 is 0 Å². The fourth-order valence-electron chi connectivity index (χ4n) is 6.68. The van der Waals surface area contributed by atoms with Gasteiger partial charge in [-0.1, -0.05) is 188 Å². The van der Waals surface area contributed by atoms with E-state index in [1.165, 1.54) is 0 Å². The second-order valence-electron chi connectivity index (χ2n) is 20.5. The van der Waals surface area contributed by atoms with Crippen LogP contribution in [-0.4, -0.2) is 60.7 Å². The molecular weight excluding hydrogens is 657 g/mol. The molecule has 0 bridgehead atoms. The minimum atomic E-state index is -1.70. The van der Waals surface area contributed by atoms with E-state index in [1.54, 1.807) is 53.1 Å². The van der Waals surface area contributed by atoms with Crippen LogP contribution < -0.4 is 20.7 Å². The highest BCUT2D eigenvalue weighted by Gasteiger charge is 2.46. The zero-order valence-electron chi connectivity index (χ0n) is 32.5. The summed E-state index contributed by atoms with van der Waals surface area (Å²) in [6.45, 7) is 53.6. The molecule has 242 valence electrons. The van der Waals surface area contributed by atoms with Gasteiger partial charge in [-0.15, -0.1) is 0 Å². The average Bonchev–Trinajstić information content (AvgIpc) is 2.83. The van der Waals surface area contributed by atoms with E-state index < -0.39 is 60.7 Å². The van der Waals surface area contributed by atoms with Crippen molar-refractivity contribution >= 4 is 114 Å². The van der Waals surface area contributed by atoms with Crippen molar-refractivity contribution in [3.05, 3.63) is 36.4 Å². The molecule has 0 saturated carbocycles. The molecule has 4 aromatic rings. The van der Waals surface area contributed by atoms with E-state index in [9.17, 15) is 0 Å². The lowest BCUT2D eigenvalue weighted by Gasteiger charge is -2.42. The van der Waals surface area contributed by atoms with E-state index in [0.717, 1.165) is 0 Å². The van der Waals surface area contributed by atoms with Crippen LogP contribution >= 0.6 is 0 Å². The minimum Gasteiger partial charge on any atom is -0.0712 e. The molecule has 0 fully saturated rings. The smallest absolute Gasteiger partial charge is 0.0712 e. The fourth-order valence-corrected chi connectivity index (χ4v) is 27.9. The van der Waals surface area contributed by atoms with Gasteiger partial charge in [0.15, 0.2) is 0 Å². The molecule has 0 aromatic heterocycles. The Morgan fingerprint density at radius 3 is 0.568 bits per heavy atom. The quantitative estimate of drug-likeness (QED) is 0.126. The largest absolute Gasteiger partial charge is 0.0744 e. The van der Waals surface area contributed by atoms with E-state index in [4.69, 9.17) is 0 Å². The molecule has 0 aliphatic rings. The van der Waals surface area contributed by atoms with Crippen LogP contribution in [0, 0.1) is 0 Å². The van der Waals surface area contributed by atoms with Crippen molar-refractivity contribution in [2.24, 2.45) is 0 Å². The van der Waals surface area contributed by atoms with E-state index in [0.29, 0.717) is 0 Å². The maximum absolute atomic E-state index is 2.83. The van der Waals surface area contributed by atoms with Gasteiger partial charge in [-0.05, 0) is 32.3 Å². The van der Waals surface area contributed by atoms with Gasteiger partial charge in [0, 0.05) is 30.4 Å². The number of rotatable bonds is 8. The molecule has 0 radical (unpaired) electrons. The molecule has 44 heavy (non-hydrogen) atoms. The van der Waals surface area contributed by atoms with Gasteiger partial charge in [-0.3, -0.25) is 0 Å². The highest BCUT2D eigenvalue weighted by molar-refractivity contribution is 7.48. The van der Waals surface area contributed by atoms with E-state index in [-0.39, 0.29) is 0 Å². The van der Waals surface area contributed by atoms with E-state index in [1.807, 2.05) is 0 Å². The standard InChI is InChI=1S/C36H66Si8/c1-37(2,3)41(13,14)31-25-32(42(15,16)38(4,5)6)28-23-24-30-34(44(19,20)40(10,11)12)26-33(43(17,18)39(7,8)9)29-22-21-27(31)35(28)36(29)30/h21-26H,1-20H3. The molecule has 0 aliphatic heterocycles. The third-order valence-corrected chi connectivity index (χ3v) is 84.4. The van der Waals surface area contributed by atoms with Gasteiger partial charge in [0.2, 0.25) is 0 Å². The van der Waals surface area contributed by atoms with Crippen molar-refractivity contribution in [2.75, 3.05) is 0 Å². The second kappa shape index (κ2) is 10.6. The maximum Gasteiger partial charge on any atom is 0.0744 e. The lowest BCUT2D eigenvalue weighted by Crippen LogP contribution is -2.66. The third kappa shape index (κ3) is 5.33. The molecule has 0 nitrogen and oxygen atoms in total. The third-order valence-electron chi connectivity index (χ3n) is 14.1. The second-order valence-corrected chi connectivity index (χ2v) is 86.7. The molecule has 0 amide bonds. The van der Waals surface area contributed by atoms with Crippen molar-refractivity contribution in [3.8, 4) is 0 Å². The van der Waals surface area contributed by atoms with Gasteiger partial charge in [0.05, 0.1) is 30.4 Å². The van der Waals surface area contributed by atoms with E-state index >= 15 is 0 Å². The van der Waals surface area contributed by atoms with Crippen molar-refractivity contribution in [3.63, 3.8) is 0 Å². The average molecular weight is 724 g/mol. The number of benzene rings is 4. The first-order valence-electron chi connectivity index (χ1n) is 17.2. The van der Waals surface area contributed by atoms with Gasteiger partial charge in [0.25, 0.3) is 0 Å². The predicted molar refractivity (Wildman–Crippen MR) is 232 cm³/mol. The summed E-state index contributed by atoms with van der Waals surface area (Å²) in [6, 6.07) is 16.2. The van der Waals surface area contributed by atoms with Gasteiger partial charge >= 0.3 is 0 Å². The highest BCUT2D eigenvalue weighted by Crippen LogP contribution is 2.38.